The first-order valence-electron chi connectivity index (χ1n) is 12.4. The summed E-state index contributed by atoms with van der Waals surface area (Å²) in [4.78, 5) is 14.4. The van der Waals surface area contributed by atoms with Gasteiger partial charge in [-0.05, 0) is 87.3 Å². The number of halogens is 4. The van der Waals surface area contributed by atoms with E-state index in [1.807, 2.05) is 6.08 Å². The molecular weight excluding hydrogens is 456 g/mol. The molecule has 1 fully saturated rings. The van der Waals surface area contributed by atoms with Crippen molar-refractivity contribution < 1.29 is 22.4 Å². The Kier molecular flexibility index (Phi) is 9.97. The van der Waals surface area contributed by atoms with Gasteiger partial charge in [-0.3, -0.25) is 9.69 Å². The molecule has 0 radical (unpaired) electrons. The van der Waals surface area contributed by atoms with E-state index in [9.17, 15) is 22.4 Å². The maximum Gasteiger partial charge on any atom is 0.416 e. The molecule has 1 aliphatic carbocycles. The van der Waals surface area contributed by atoms with Crippen LogP contribution >= 0.6 is 0 Å². The van der Waals surface area contributed by atoms with Crippen molar-refractivity contribution in [3.8, 4) is 11.8 Å². The molecule has 0 saturated heterocycles. The number of unbranched alkanes of at least 4 members (excludes halogenated alkanes) is 1. The second kappa shape index (κ2) is 12.9. The standard InChI is InChI=1S/C28H34F4N2O/c1-2-3-4-5-6-7-27(35)33-24-11-8-21(9-12-24)14-17-34-18-15-22(16-19-34)25-20-23(28(30,31)32)10-13-26(25)29/h2,10,13,15,20-21,24H,1,5-9,11-12,14,16-19H2,(H,33,35). The van der Waals surface area contributed by atoms with Crippen LogP contribution in [0.5, 0.6) is 0 Å². The van der Waals surface area contributed by atoms with E-state index in [0.29, 0.717) is 43.8 Å². The Labute approximate surface area is 205 Å². The van der Waals surface area contributed by atoms with Crippen LogP contribution in [-0.4, -0.2) is 36.5 Å². The molecule has 1 aliphatic heterocycles. The fourth-order valence-electron chi connectivity index (χ4n) is 4.85. The smallest absolute Gasteiger partial charge is 0.353 e. The highest BCUT2D eigenvalue weighted by molar-refractivity contribution is 5.76. The van der Waals surface area contributed by atoms with Crippen LogP contribution in [0.2, 0.25) is 0 Å². The summed E-state index contributed by atoms with van der Waals surface area (Å²) >= 11 is 0. The summed E-state index contributed by atoms with van der Waals surface area (Å²) in [6.07, 6.45) is 6.64. The first kappa shape index (κ1) is 27.0. The third kappa shape index (κ3) is 8.54. The summed E-state index contributed by atoms with van der Waals surface area (Å²) < 4.78 is 53.2. The van der Waals surface area contributed by atoms with Gasteiger partial charge in [0, 0.05) is 37.5 Å². The topological polar surface area (TPSA) is 32.3 Å². The molecule has 0 atom stereocenters. The predicted octanol–water partition coefficient (Wildman–Crippen LogP) is 6.36. The zero-order chi connectivity index (χ0) is 25.3. The van der Waals surface area contributed by atoms with Crippen LogP contribution in [0.1, 0.15) is 68.9 Å². The van der Waals surface area contributed by atoms with Gasteiger partial charge in [0.1, 0.15) is 5.82 Å². The number of allylic oxidation sites excluding steroid dienone is 1. The summed E-state index contributed by atoms with van der Waals surface area (Å²) in [7, 11) is 0. The number of nitrogens with zero attached hydrogens (tertiary/aromatic N) is 1. The van der Waals surface area contributed by atoms with Crippen molar-refractivity contribution in [2.75, 3.05) is 19.6 Å². The fourth-order valence-corrected chi connectivity index (χ4v) is 4.85. The minimum absolute atomic E-state index is 0.0598. The van der Waals surface area contributed by atoms with Crippen molar-refractivity contribution in [2.45, 2.75) is 70.0 Å². The Morgan fingerprint density at radius 3 is 2.66 bits per heavy atom. The molecule has 0 unspecified atom stereocenters. The van der Waals surface area contributed by atoms with Crippen molar-refractivity contribution >= 4 is 11.5 Å². The van der Waals surface area contributed by atoms with E-state index in [0.717, 1.165) is 63.3 Å². The average molecular weight is 491 g/mol. The van der Waals surface area contributed by atoms with Crippen LogP contribution in [0.25, 0.3) is 5.57 Å². The molecule has 2 aliphatic rings. The van der Waals surface area contributed by atoms with Crippen molar-refractivity contribution in [1.29, 1.82) is 0 Å². The van der Waals surface area contributed by atoms with Crippen LogP contribution in [0.3, 0.4) is 0 Å². The third-order valence-electron chi connectivity index (χ3n) is 6.91. The number of amides is 1. The highest BCUT2D eigenvalue weighted by atomic mass is 19.4. The number of rotatable bonds is 8. The third-order valence-corrected chi connectivity index (χ3v) is 6.91. The molecule has 3 nitrogen and oxygen atoms in total. The molecule has 1 aromatic carbocycles. The van der Waals surface area contributed by atoms with Crippen molar-refractivity contribution in [1.82, 2.24) is 10.2 Å². The van der Waals surface area contributed by atoms with Gasteiger partial charge in [0.15, 0.2) is 0 Å². The summed E-state index contributed by atoms with van der Waals surface area (Å²) in [6.45, 7) is 5.79. The number of benzene rings is 1. The maximum atomic E-state index is 14.2. The molecule has 1 heterocycles. The van der Waals surface area contributed by atoms with Gasteiger partial charge in [-0.1, -0.05) is 24.5 Å². The maximum absolute atomic E-state index is 14.2. The lowest BCUT2D eigenvalue weighted by molar-refractivity contribution is -0.137. The Morgan fingerprint density at radius 2 is 2.00 bits per heavy atom. The Balaban J connectivity index is 1.37. The largest absolute Gasteiger partial charge is 0.416 e. The lowest BCUT2D eigenvalue weighted by Crippen LogP contribution is -2.38. The average Bonchev–Trinajstić information content (AvgIpc) is 2.83. The highest BCUT2D eigenvalue weighted by Crippen LogP contribution is 2.34. The molecule has 35 heavy (non-hydrogen) atoms. The molecule has 3 rings (SSSR count). The Hall–Kier alpha value is -2.59. The van der Waals surface area contributed by atoms with Crippen LogP contribution in [0.15, 0.2) is 36.9 Å². The zero-order valence-corrected chi connectivity index (χ0v) is 20.1. The SMILES string of the molecule is C=CC#CCCCC(=O)NC1CCC(CCN2CC=C(c3cc(C(F)(F)F)ccc3F)CC2)CC1. The molecule has 1 amide bonds. The fraction of sp³-hybridized carbons (Fsp3) is 0.536. The quantitative estimate of drug-likeness (QED) is 0.261. The minimum Gasteiger partial charge on any atom is -0.353 e. The molecule has 190 valence electrons. The number of carbonyl (C=O) groups excluding carboxylic acids is 1. The Morgan fingerprint density at radius 1 is 1.23 bits per heavy atom. The van der Waals surface area contributed by atoms with Gasteiger partial charge >= 0.3 is 6.18 Å². The van der Waals surface area contributed by atoms with Crippen molar-refractivity contribution in [3.63, 3.8) is 0 Å². The van der Waals surface area contributed by atoms with E-state index in [2.05, 4.69) is 28.6 Å². The molecule has 0 bridgehead atoms. The second-order valence-corrected chi connectivity index (χ2v) is 9.42. The van der Waals surface area contributed by atoms with E-state index in [1.54, 1.807) is 6.08 Å². The lowest BCUT2D eigenvalue weighted by atomic mass is 9.84. The van der Waals surface area contributed by atoms with Crippen molar-refractivity contribution in [2.24, 2.45) is 5.92 Å². The van der Waals surface area contributed by atoms with Gasteiger partial charge in [0.2, 0.25) is 5.91 Å². The van der Waals surface area contributed by atoms with Gasteiger partial charge in [-0.2, -0.15) is 13.2 Å². The molecule has 1 saturated carbocycles. The number of hydrogen-bond donors (Lipinski definition) is 1. The number of carbonyl (C=O) groups is 1. The predicted molar refractivity (Wildman–Crippen MR) is 131 cm³/mol. The summed E-state index contributed by atoms with van der Waals surface area (Å²) in [6, 6.07) is 2.87. The number of alkyl halides is 3. The number of hydrogen-bond acceptors (Lipinski definition) is 2. The van der Waals surface area contributed by atoms with Crippen LogP contribution in [0, 0.1) is 23.6 Å². The molecule has 0 spiro atoms. The van der Waals surface area contributed by atoms with E-state index in [4.69, 9.17) is 0 Å². The van der Waals surface area contributed by atoms with E-state index in [-0.39, 0.29) is 17.5 Å². The summed E-state index contributed by atoms with van der Waals surface area (Å²) in [5.41, 5.74) is -0.111. The number of nitrogens with one attached hydrogen (secondary N) is 1. The highest BCUT2D eigenvalue weighted by Gasteiger charge is 2.31. The van der Waals surface area contributed by atoms with E-state index >= 15 is 0 Å². The normalized spacial score (nSPS) is 21.0. The van der Waals surface area contributed by atoms with Crippen molar-refractivity contribution in [3.05, 3.63) is 53.9 Å². The molecule has 1 aromatic rings. The molecule has 7 heteroatoms. The van der Waals surface area contributed by atoms with Gasteiger partial charge in [-0.15, -0.1) is 0 Å². The Bertz CT molecular complexity index is 965. The first-order valence-corrected chi connectivity index (χ1v) is 12.4. The first-order chi connectivity index (χ1) is 16.8. The second-order valence-electron chi connectivity index (χ2n) is 9.42. The van der Waals surface area contributed by atoms with Gasteiger partial charge in [0.25, 0.3) is 0 Å². The molecule has 0 aromatic heterocycles. The monoisotopic (exact) mass is 490 g/mol. The van der Waals surface area contributed by atoms with E-state index < -0.39 is 17.6 Å². The molecule has 1 N–H and O–H groups in total. The van der Waals surface area contributed by atoms with E-state index in [1.165, 1.54) is 0 Å². The van der Waals surface area contributed by atoms with Crippen LogP contribution in [-0.2, 0) is 11.0 Å². The summed E-state index contributed by atoms with van der Waals surface area (Å²) in [5.74, 6) is 5.84. The van der Waals surface area contributed by atoms with Crippen LogP contribution in [0.4, 0.5) is 17.6 Å². The molecular formula is C28H34F4N2O. The van der Waals surface area contributed by atoms with Gasteiger partial charge in [-0.25, -0.2) is 4.39 Å². The minimum atomic E-state index is -4.48. The van der Waals surface area contributed by atoms with Gasteiger partial charge < -0.3 is 5.32 Å². The van der Waals surface area contributed by atoms with Crippen LogP contribution < -0.4 is 5.32 Å². The lowest BCUT2D eigenvalue weighted by Gasteiger charge is -2.32. The van der Waals surface area contributed by atoms with Gasteiger partial charge in [0.05, 0.1) is 5.56 Å². The summed E-state index contributed by atoms with van der Waals surface area (Å²) in [5, 5.41) is 3.15. The zero-order valence-electron chi connectivity index (χ0n) is 20.1.